The molecular weight excluding hydrogens is 248 g/mol. The lowest BCUT2D eigenvalue weighted by molar-refractivity contribution is 0.555. The highest BCUT2D eigenvalue weighted by Gasteiger charge is 2.21. The number of aromatic nitrogens is 3. The predicted octanol–water partition coefficient (Wildman–Crippen LogP) is 3.29. The fourth-order valence-electron chi connectivity index (χ4n) is 2.45. The Morgan fingerprint density at radius 3 is 2.75 bits per heavy atom. The van der Waals surface area contributed by atoms with Gasteiger partial charge in [0, 0.05) is 31.4 Å². The zero-order valence-electron chi connectivity index (χ0n) is 12.1. The zero-order valence-corrected chi connectivity index (χ0v) is 12.1. The number of fused-ring (bicyclic) bond motifs is 1. The number of nitrogens with zero attached hydrogens (tertiary/aromatic N) is 2. The fraction of sp³-hybridized carbons (Fsp3) is 0.312. The Labute approximate surface area is 118 Å². The molecule has 1 aromatic carbocycles. The molecule has 2 N–H and O–H groups in total. The topological polar surface area (TPSA) is 45.6 Å². The first kappa shape index (κ1) is 12.8. The first-order valence-electron chi connectivity index (χ1n) is 6.86. The summed E-state index contributed by atoms with van der Waals surface area (Å²) >= 11 is 0. The molecule has 0 saturated carbocycles. The maximum Gasteiger partial charge on any atom is 0.203 e. The minimum atomic E-state index is 0.0537. The molecule has 2 heterocycles. The summed E-state index contributed by atoms with van der Waals surface area (Å²) in [4.78, 5) is 7.76. The van der Waals surface area contributed by atoms with Gasteiger partial charge in [-0.05, 0) is 23.8 Å². The van der Waals surface area contributed by atoms with Gasteiger partial charge in [-0.15, -0.1) is 0 Å². The summed E-state index contributed by atoms with van der Waals surface area (Å²) in [5.41, 5.74) is 3.52. The van der Waals surface area contributed by atoms with Crippen LogP contribution in [0.1, 0.15) is 19.4 Å². The zero-order chi connectivity index (χ0) is 14.2. The molecule has 0 spiro atoms. The molecule has 0 unspecified atom stereocenters. The first-order chi connectivity index (χ1) is 9.58. The number of rotatable bonds is 4. The fourth-order valence-corrected chi connectivity index (χ4v) is 2.45. The summed E-state index contributed by atoms with van der Waals surface area (Å²) < 4.78 is 2.10. The Bertz CT molecular complexity index is 707. The van der Waals surface area contributed by atoms with Crippen molar-refractivity contribution in [2.45, 2.75) is 19.3 Å². The highest BCUT2D eigenvalue weighted by Crippen LogP contribution is 2.24. The quantitative estimate of drug-likeness (QED) is 0.762. The van der Waals surface area contributed by atoms with Crippen LogP contribution < -0.4 is 5.32 Å². The Kier molecular flexibility index (Phi) is 3.01. The minimum Gasteiger partial charge on any atom is -0.367 e. The van der Waals surface area contributed by atoms with Crippen molar-refractivity contribution in [3.05, 3.63) is 48.3 Å². The third-order valence-electron chi connectivity index (χ3n) is 3.86. The average Bonchev–Trinajstić information content (AvgIpc) is 3.06. The molecule has 0 amide bonds. The van der Waals surface area contributed by atoms with E-state index in [-0.39, 0.29) is 5.41 Å². The van der Waals surface area contributed by atoms with Crippen LogP contribution in [0.2, 0.25) is 0 Å². The van der Waals surface area contributed by atoms with E-state index >= 15 is 0 Å². The van der Waals surface area contributed by atoms with Gasteiger partial charge in [-0.3, -0.25) is 0 Å². The maximum atomic E-state index is 4.64. The number of H-pyrrole nitrogens is 1. The molecule has 0 atom stereocenters. The highest BCUT2D eigenvalue weighted by atomic mass is 15.2. The van der Waals surface area contributed by atoms with Gasteiger partial charge in [-0.25, -0.2) is 4.98 Å². The molecule has 0 aliphatic carbocycles. The van der Waals surface area contributed by atoms with Crippen molar-refractivity contribution in [1.82, 2.24) is 14.5 Å². The van der Waals surface area contributed by atoms with Crippen molar-refractivity contribution >= 4 is 17.0 Å². The molecule has 4 nitrogen and oxygen atoms in total. The maximum absolute atomic E-state index is 4.64. The van der Waals surface area contributed by atoms with E-state index in [4.69, 9.17) is 0 Å². The molecule has 4 heteroatoms. The van der Waals surface area contributed by atoms with Crippen molar-refractivity contribution in [2.75, 3.05) is 11.9 Å². The molecule has 3 rings (SSSR count). The summed E-state index contributed by atoms with van der Waals surface area (Å²) in [6.45, 7) is 5.29. The number of benzene rings is 1. The summed E-state index contributed by atoms with van der Waals surface area (Å²) in [5.74, 6) is 0.912. The van der Waals surface area contributed by atoms with Crippen LogP contribution in [0.15, 0.2) is 42.7 Å². The van der Waals surface area contributed by atoms with Gasteiger partial charge >= 0.3 is 0 Å². The summed E-state index contributed by atoms with van der Waals surface area (Å²) in [6, 6.07) is 10.3. The number of hydrogen-bond acceptors (Lipinski definition) is 2. The summed E-state index contributed by atoms with van der Waals surface area (Å²) in [6.07, 6.45) is 4.02. The van der Waals surface area contributed by atoms with Crippen LogP contribution in [-0.4, -0.2) is 21.1 Å². The van der Waals surface area contributed by atoms with E-state index in [9.17, 15) is 0 Å². The molecule has 0 fully saturated rings. The molecule has 3 aromatic rings. The molecule has 0 saturated heterocycles. The molecule has 0 bridgehead atoms. The van der Waals surface area contributed by atoms with Gasteiger partial charge < -0.3 is 14.9 Å². The van der Waals surface area contributed by atoms with E-state index < -0.39 is 0 Å². The normalized spacial score (nSPS) is 11.9. The second-order valence-corrected chi connectivity index (χ2v) is 5.82. The standard InChI is InChI=1S/C16H20N4/c1-16(2,12-8-9-17-10-12)11-18-15-19-13-6-4-5-7-14(13)20(15)3/h4-10,17H,11H2,1-3H3,(H,18,19). The number of imidazole rings is 1. The Balaban J connectivity index is 1.82. The number of hydrogen-bond donors (Lipinski definition) is 2. The van der Waals surface area contributed by atoms with Gasteiger partial charge in [0.2, 0.25) is 5.95 Å². The van der Waals surface area contributed by atoms with Crippen LogP contribution in [0.25, 0.3) is 11.0 Å². The van der Waals surface area contributed by atoms with Gasteiger partial charge in [0.15, 0.2) is 0 Å². The average molecular weight is 268 g/mol. The van der Waals surface area contributed by atoms with Gasteiger partial charge in [-0.1, -0.05) is 26.0 Å². The van der Waals surface area contributed by atoms with Gasteiger partial charge in [0.1, 0.15) is 0 Å². The lowest BCUT2D eigenvalue weighted by Gasteiger charge is -2.24. The lowest BCUT2D eigenvalue weighted by Crippen LogP contribution is -2.28. The van der Waals surface area contributed by atoms with Crippen molar-refractivity contribution < 1.29 is 0 Å². The van der Waals surface area contributed by atoms with Gasteiger partial charge in [0.25, 0.3) is 0 Å². The predicted molar refractivity (Wildman–Crippen MR) is 83.0 cm³/mol. The first-order valence-corrected chi connectivity index (χ1v) is 6.86. The van der Waals surface area contributed by atoms with E-state index in [0.29, 0.717) is 0 Å². The lowest BCUT2D eigenvalue weighted by atomic mass is 9.86. The summed E-state index contributed by atoms with van der Waals surface area (Å²) in [7, 11) is 2.04. The molecule has 0 aliphatic rings. The van der Waals surface area contributed by atoms with E-state index in [2.05, 4.69) is 52.0 Å². The molecule has 0 radical (unpaired) electrons. The Hall–Kier alpha value is -2.23. The van der Waals surface area contributed by atoms with Gasteiger partial charge in [-0.2, -0.15) is 0 Å². The minimum absolute atomic E-state index is 0.0537. The molecule has 0 aliphatic heterocycles. The van der Waals surface area contributed by atoms with E-state index in [1.54, 1.807) is 0 Å². The number of para-hydroxylation sites is 2. The van der Waals surface area contributed by atoms with Crippen molar-refractivity contribution in [3.8, 4) is 0 Å². The van der Waals surface area contributed by atoms with E-state index in [0.717, 1.165) is 23.5 Å². The Morgan fingerprint density at radius 1 is 1.25 bits per heavy atom. The molecule has 2 aromatic heterocycles. The molecular formula is C16H20N4. The number of anilines is 1. The van der Waals surface area contributed by atoms with Crippen LogP contribution in [0.3, 0.4) is 0 Å². The SMILES string of the molecule is Cn1c(NCC(C)(C)c2cc[nH]c2)nc2ccccc21. The monoisotopic (exact) mass is 268 g/mol. The Morgan fingerprint density at radius 2 is 2.05 bits per heavy atom. The third kappa shape index (κ3) is 2.18. The van der Waals surface area contributed by atoms with Crippen molar-refractivity contribution in [1.29, 1.82) is 0 Å². The van der Waals surface area contributed by atoms with Crippen molar-refractivity contribution in [2.24, 2.45) is 7.05 Å². The van der Waals surface area contributed by atoms with E-state index in [1.807, 2.05) is 31.4 Å². The van der Waals surface area contributed by atoms with Crippen LogP contribution in [0, 0.1) is 0 Å². The van der Waals surface area contributed by atoms with Crippen LogP contribution >= 0.6 is 0 Å². The summed E-state index contributed by atoms with van der Waals surface area (Å²) in [5, 5.41) is 3.47. The highest BCUT2D eigenvalue weighted by molar-refractivity contribution is 5.78. The number of aromatic amines is 1. The van der Waals surface area contributed by atoms with Crippen LogP contribution in [0.5, 0.6) is 0 Å². The molecule has 20 heavy (non-hydrogen) atoms. The van der Waals surface area contributed by atoms with Gasteiger partial charge in [0.05, 0.1) is 11.0 Å². The second kappa shape index (κ2) is 4.71. The van der Waals surface area contributed by atoms with Crippen molar-refractivity contribution in [3.63, 3.8) is 0 Å². The van der Waals surface area contributed by atoms with Crippen LogP contribution in [-0.2, 0) is 12.5 Å². The van der Waals surface area contributed by atoms with E-state index in [1.165, 1.54) is 5.56 Å². The number of aryl methyl sites for hydroxylation is 1. The van der Waals surface area contributed by atoms with Crippen LogP contribution in [0.4, 0.5) is 5.95 Å². The third-order valence-corrected chi connectivity index (χ3v) is 3.86. The second-order valence-electron chi connectivity index (χ2n) is 5.82. The number of nitrogens with one attached hydrogen (secondary N) is 2. The largest absolute Gasteiger partial charge is 0.367 e. The molecule has 104 valence electrons. The smallest absolute Gasteiger partial charge is 0.203 e.